The van der Waals surface area contributed by atoms with E-state index in [1.807, 2.05) is 35.2 Å². The van der Waals surface area contributed by atoms with Crippen molar-refractivity contribution in [2.24, 2.45) is 0 Å². The highest BCUT2D eigenvalue weighted by molar-refractivity contribution is 5.98. The maximum Gasteiger partial charge on any atom is 0.270 e. The average molecular weight is 326 g/mol. The van der Waals surface area contributed by atoms with Gasteiger partial charge in [-0.15, -0.1) is 0 Å². The number of benzene rings is 1. The van der Waals surface area contributed by atoms with Crippen LogP contribution in [0, 0.1) is 11.3 Å². The Kier molecular flexibility index (Phi) is 4.84. The molecule has 1 aromatic heterocycles. The monoisotopic (exact) mass is 326 g/mol. The standard InChI is InChI=1S/C18H22N4O2/c1-14(23)13-20-8-10-21(11-9-20)18(24)17-12-15-4-2-3-5-16(15)22(17)7-6-19/h2-5,12,14,23H,7-11,13H2,1H3. The second kappa shape index (κ2) is 7.04. The SMILES string of the molecule is CC(O)CN1CCN(C(=O)c2cc3ccccc3n2CC#N)CC1. The van der Waals surface area contributed by atoms with Crippen molar-refractivity contribution in [1.82, 2.24) is 14.4 Å². The van der Waals surface area contributed by atoms with E-state index < -0.39 is 0 Å². The summed E-state index contributed by atoms with van der Waals surface area (Å²) in [5.74, 6) is -0.0295. The summed E-state index contributed by atoms with van der Waals surface area (Å²) < 4.78 is 1.79. The zero-order valence-corrected chi connectivity index (χ0v) is 13.9. The van der Waals surface area contributed by atoms with Gasteiger partial charge in [0.25, 0.3) is 5.91 Å². The van der Waals surface area contributed by atoms with Gasteiger partial charge in [-0.2, -0.15) is 5.26 Å². The number of hydrogen-bond acceptors (Lipinski definition) is 4. The summed E-state index contributed by atoms with van der Waals surface area (Å²) in [6.07, 6.45) is -0.356. The number of aliphatic hydroxyl groups is 1. The van der Waals surface area contributed by atoms with E-state index >= 15 is 0 Å². The van der Waals surface area contributed by atoms with Crippen molar-refractivity contribution in [3.05, 3.63) is 36.0 Å². The minimum absolute atomic E-state index is 0.0295. The smallest absolute Gasteiger partial charge is 0.270 e. The van der Waals surface area contributed by atoms with Gasteiger partial charge in [-0.25, -0.2) is 0 Å². The van der Waals surface area contributed by atoms with Crippen LogP contribution in [-0.4, -0.2) is 64.2 Å². The normalized spacial score (nSPS) is 17.0. The molecule has 2 aromatic rings. The Morgan fingerprint density at radius 1 is 1.29 bits per heavy atom. The molecule has 0 aliphatic carbocycles. The Morgan fingerprint density at radius 2 is 2.00 bits per heavy atom. The molecule has 0 spiro atoms. The Balaban J connectivity index is 1.80. The number of β-amino-alcohol motifs (C(OH)–C–C–N with tert-alkyl or cyclic N) is 1. The van der Waals surface area contributed by atoms with Crippen molar-refractivity contribution in [3.63, 3.8) is 0 Å². The number of aliphatic hydroxyl groups excluding tert-OH is 1. The third-order valence-electron chi connectivity index (χ3n) is 4.44. The molecule has 1 fully saturated rings. The number of hydrogen-bond donors (Lipinski definition) is 1. The molecule has 0 bridgehead atoms. The third-order valence-corrected chi connectivity index (χ3v) is 4.44. The first-order valence-electron chi connectivity index (χ1n) is 8.25. The van der Waals surface area contributed by atoms with E-state index in [4.69, 9.17) is 5.26 Å². The van der Waals surface area contributed by atoms with Crippen LogP contribution in [0.2, 0.25) is 0 Å². The first kappa shape index (κ1) is 16.5. The Labute approximate surface area is 141 Å². The van der Waals surface area contributed by atoms with Crippen molar-refractivity contribution in [2.75, 3.05) is 32.7 Å². The number of aromatic nitrogens is 1. The van der Waals surface area contributed by atoms with E-state index in [1.165, 1.54) is 0 Å². The minimum Gasteiger partial charge on any atom is -0.392 e. The van der Waals surface area contributed by atoms with E-state index in [2.05, 4.69) is 11.0 Å². The van der Waals surface area contributed by atoms with Crippen LogP contribution in [0.25, 0.3) is 10.9 Å². The van der Waals surface area contributed by atoms with Crippen LogP contribution >= 0.6 is 0 Å². The molecular formula is C18H22N4O2. The maximum atomic E-state index is 12.9. The van der Waals surface area contributed by atoms with Gasteiger partial charge >= 0.3 is 0 Å². The number of amides is 1. The van der Waals surface area contributed by atoms with Crippen LogP contribution in [0.5, 0.6) is 0 Å². The van der Waals surface area contributed by atoms with Crippen LogP contribution in [0.1, 0.15) is 17.4 Å². The molecule has 0 radical (unpaired) electrons. The number of fused-ring (bicyclic) bond motifs is 1. The summed E-state index contributed by atoms with van der Waals surface area (Å²) in [5.41, 5.74) is 1.48. The molecule has 1 unspecified atom stereocenters. The van der Waals surface area contributed by atoms with Gasteiger partial charge in [-0.1, -0.05) is 18.2 Å². The lowest BCUT2D eigenvalue weighted by Gasteiger charge is -2.35. The van der Waals surface area contributed by atoms with Gasteiger partial charge in [-0.05, 0) is 19.1 Å². The molecule has 1 atom stereocenters. The third kappa shape index (κ3) is 3.28. The van der Waals surface area contributed by atoms with Gasteiger partial charge < -0.3 is 14.6 Å². The first-order valence-corrected chi connectivity index (χ1v) is 8.25. The molecule has 1 saturated heterocycles. The second-order valence-corrected chi connectivity index (χ2v) is 6.27. The number of carbonyl (C=O) groups is 1. The molecule has 1 aliphatic heterocycles. The highest BCUT2D eigenvalue weighted by Gasteiger charge is 2.25. The lowest BCUT2D eigenvalue weighted by atomic mass is 10.2. The van der Waals surface area contributed by atoms with Crippen LogP contribution in [0.15, 0.2) is 30.3 Å². The Bertz CT molecular complexity index is 767. The number of carbonyl (C=O) groups excluding carboxylic acids is 1. The van der Waals surface area contributed by atoms with Gasteiger partial charge in [0, 0.05) is 43.6 Å². The molecule has 1 N–H and O–H groups in total. The molecule has 6 heteroatoms. The summed E-state index contributed by atoms with van der Waals surface area (Å²) >= 11 is 0. The van der Waals surface area contributed by atoms with Crippen LogP contribution in [0.4, 0.5) is 0 Å². The number of piperazine rings is 1. The van der Waals surface area contributed by atoms with Gasteiger partial charge in [0.2, 0.25) is 0 Å². The predicted molar refractivity (Wildman–Crippen MR) is 91.6 cm³/mol. The summed E-state index contributed by atoms with van der Waals surface area (Å²) in [7, 11) is 0. The minimum atomic E-state index is -0.356. The molecule has 2 heterocycles. The van der Waals surface area contributed by atoms with Crippen molar-refractivity contribution in [1.29, 1.82) is 5.26 Å². The number of para-hydroxylation sites is 1. The fourth-order valence-corrected chi connectivity index (χ4v) is 3.30. The van der Waals surface area contributed by atoms with Gasteiger partial charge in [0.1, 0.15) is 12.2 Å². The number of rotatable bonds is 4. The fraction of sp³-hybridized carbons (Fsp3) is 0.444. The highest BCUT2D eigenvalue weighted by Crippen LogP contribution is 2.21. The van der Waals surface area contributed by atoms with Gasteiger partial charge in [-0.3, -0.25) is 9.69 Å². The quantitative estimate of drug-likeness (QED) is 0.919. The largest absolute Gasteiger partial charge is 0.392 e. The number of nitrogens with zero attached hydrogens (tertiary/aromatic N) is 4. The van der Waals surface area contributed by atoms with Crippen LogP contribution in [0.3, 0.4) is 0 Å². The Morgan fingerprint density at radius 3 is 2.67 bits per heavy atom. The van der Waals surface area contributed by atoms with Gasteiger partial charge in [0.15, 0.2) is 0 Å². The van der Waals surface area contributed by atoms with E-state index in [0.29, 0.717) is 25.3 Å². The summed E-state index contributed by atoms with van der Waals surface area (Å²) in [6.45, 7) is 5.37. The molecular weight excluding hydrogens is 304 g/mol. The first-order chi connectivity index (χ1) is 11.6. The summed E-state index contributed by atoms with van der Waals surface area (Å²) in [5, 5.41) is 19.6. The molecule has 6 nitrogen and oxygen atoms in total. The lowest BCUT2D eigenvalue weighted by molar-refractivity contribution is 0.0546. The molecule has 3 rings (SSSR count). The number of nitriles is 1. The van der Waals surface area contributed by atoms with E-state index in [0.717, 1.165) is 24.0 Å². The molecule has 1 aromatic carbocycles. The molecule has 0 saturated carbocycles. The van der Waals surface area contributed by atoms with Crippen molar-refractivity contribution in [2.45, 2.75) is 19.6 Å². The zero-order chi connectivity index (χ0) is 17.1. The molecule has 1 aliphatic rings. The van der Waals surface area contributed by atoms with Gasteiger partial charge in [0.05, 0.1) is 12.2 Å². The summed E-state index contributed by atoms with van der Waals surface area (Å²) in [6, 6.07) is 11.8. The molecule has 24 heavy (non-hydrogen) atoms. The fourth-order valence-electron chi connectivity index (χ4n) is 3.30. The second-order valence-electron chi connectivity index (χ2n) is 6.27. The zero-order valence-electron chi connectivity index (χ0n) is 13.9. The summed E-state index contributed by atoms with van der Waals surface area (Å²) in [4.78, 5) is 16.9. The van der Waals surface area contributed by atoms with E-state index in [9.17, 15) is 9.90 Å². The van der Waals surface area contributed by atoms with Crippen LogP contribution < -0.4 is 0 Å². The van der Waals surface area contributed by atoms with Crippen molar-refractivity contribution < 1.29 is 9.90 Å². The Hall–Kier alpha value is -2.36. The van der Waals surface area contributed by atoms with Crippen LogP contribution in [-0.2, 0) is 6.54 Å². The lowest BCUT2D eigenvalue weighted by Crippen LogP contribution is -2.50. The van der Waals surface area contributed by atoms with Crippen molar-refractivity contribution >= 4 is 16.8 Å². The topological polar surface area (TPSA) is 72.5 Å². The van der Waals surface area contributed by atoms with E-state index in [-0.39, 0.29) is 18.6 Å². The molecule has 1 amide bonds. The average Bonchev–Trinajstić information content (AvgIpc) is 2.94. The maximum absolute atomic E-state index is 12.9. The molecule has 126 valence electrons. The highest BCUT2D eigenvalue weighted by atomic mass is 16.3. The predicted octanol–water partition coefficient (Wildman–Crippen LogP) is 1.30. The van der Waals surface area contributed by atoms with Crippen molar-refractivity contribution in [3.8, 4) is 6.07 Å². The van der Waals surface area contributed by atoms with E-state index in [1.54, 1.807) is 11.5 Å².